The highest BCUT2D eigenvalue weighted by Gasteiger charge is 2.24. The number of ether oxygens (including phenoxy) is 1. The number of hydrogen-bond donors (Lipinski definition) is 2. The Balaban J connectivity index is 1.40. The average Bonchev–Trinajstić information content (AvgIpc) is 3.25. The van der Waals surface area contributed by atoms with Gasteiger partial charge in [-0.25, -0.2) is 9.97 Å². The van der Waals surface area contributed by atoms with Crippen LogP contribution in [0.25, 0.3) is 11.3 Å². The minimum atomic E-state index is -0.159. The van der Waals surface area contributed by atoms with Gasteiger partial charge in [0.15, 0.2) is 0 Å². The molecule has 3 heterocycles. The normalized spacial score (nSPS) is 16.6. The van der Waals surface area contributed by atoms with E-state index in [9.17, 15) is 4.79 Å². The number of aromatic nitrogens is 4. The SMILES string of the molecule is COc1ccc(-c2cc(C(=O)NC3CCCN(c4ncccn4)C3)[nH]n2)cc1. The summed E-state index contributed by atoms with van der Waals surface area (Å²) in [5, 5.41) is 10.2. The van der Waals surface area contributed by atoms with E-state index in [4.69, 9.17) is 4.74 Å². The minimum Gasteiger partial charge on any atom is -0.497 e. The van der Waals surface area contributed by atoms with E-state index in [-0.39, 0.29) is 11.9 Å². The highest BCUT2D eigenvalue weighted by molar-refractivity contribution is 5.93. The summed E-state index contributed by atoms with van der Waals surface area (Å²) in [4.78, 5) is 23.4. The standard InChI is InChI=1S/C20H22N6O2/c1-28-16-7-5-14(6-8-16)17-12-18(25-24-17)19(27)23-15-4-2-11-26(13-15)20-21-9-3-10-22-20/h3,5-10,12,15H,2,4,11,13H2,1H3,(H,23,27)(H,24,25). The Morgan fingerprint density at radius 3 is 2.79 bits per heavy atom. The molecule has 2 aromatic heterocycles. The first-order valence-electron chi connectivity index (χ1n) is 9.25. The van der Waals surface area contributed by atoms with Gasteiger partial charge in [0, 0.05) is 37.1 Å². The number of anilines is 1. The van der Waals surface area contributed by atoms with E-state index in [1.807, 2.05) is 24.3 Å². The number of nitrogens with one attached hydrogen (secondary N) is 2. The quantitative estimate of drug-likeness (QED) is 0.707. The summed E-state index contributed by atoms with van der Waals surface area (Å²) in [6, 6.07) is 11.2. The lowest BCUT2D eigenvalue weighted by Crippen LogP contribution is -2.48. The zero-order valence-electron chi connectivity index (χ0n) is 15.6. The van der Waals surface area contributed by atoms with Gasteiger partial charge in [-0.2, -0.15) is 5.10 Å². The zero-order chi connectivity index (χ0) is 19.3. The fraction of sp³-hybridized carbons (Fsp3) is 0.300. The molecule has 1 unspecified atom stereocenters. The number of piperidine rings is 1. The molecule has 4 rings (SSSR count). The van der Waals surface area contributed by atoms with Crippen molar-refractivity contribution in [3.8, 4) is 17.0 Å². The summed E-state index contributed by atoms with van der Waals surface area (Å²) < 4.78 is 5.17. The molecule has 144 valence electrons. The summed E-state index contributed by atoms with van der Waals surface area (Å²) in [6.07, 6.45) is 5.36. The number of methoxy groups -OCH3 is 1. The molecule has 1 fully saturated rings. The van der Waals surface area contributed by atoms with Gasteiger partial charge in [0.2, 0.25) is 5.95 Å². The molecule has 0 bridgehead atoms. The van der Waals surface area contributed by atoms with Gasteiger partial charge in [-0.05, 0) is 49.2 Å². The summed E-state index contributed by atoms with van der Waals surface area (Å²) in [7, 11) is 1.63. The van der Waals surface area contributed by atoms with E-state index < -0.39 is 0 Å². The number of benzene rings is 1. The van der Waals surface area contributed by atoms with E-state index in [2.05, 4.69) is 30.4 Å². The van der Waals surface area contributed by atoms with Gasteiger partial charge in [0.1, 0.15) is 11.4 Å². The van der Waals surface area contributed by atoms with Crippen LogP contribution < -0.4 is 15.0 Å². The van der Waals surface area contributed by atoms with E-state index in [0.29, 0.717) is 18.2 Å². The van der Waals surface area contributed by atoms with Crippen molar-refractivity contribution in [2.24, 2.45) is 0 Å². The lowest BCUT2D eigenvalue weighted by atomic mass is 10.1. The van der Waals surface area contributed by atoms with Crippen LogP contribution in [-0.2, 0) is 0 Å². The average molecular weight is 378 g/mol. The molecule has 1 aromatic carbocycles. The number of carbonyl (C=O) groups is 1. The van der Waals surface area contributed by atoms with Crippen molar-refractivity contribution in [3.05, 3.63) is 54.5 Å². The fourth-order valence-electron chi connectivity index (χ4n) is 3.34. The highest BCUT2D eigenvalue weighted by Crippen LogP contribution is 2.21. The number of carbonyl (C=O) groups excluding carboxylic acids is 1. The van der Waals surface area contributed by atoms with Crippen molar-refractivity contribution < 1.29 is 9.53 Å². The number of rotatable bonds is 5. The number of nitrogens with zero attached hydrogens (tertiary/aromatic N) is 4. The lowest BCUT2D eigenvalue weighted by molar-refractivity contribution is 0.0928. The second-order valence-corrected chi connectivity index (χ2v) is 6.70. The van der Waals surface area contributed by atoms with Crippen molar-refractivity contribution in [2.75, 3.05) is 25.1 Å². The highest BCUT2D eigenvalue weighted by atomic mass is 16.5. The molecule has 0 saturated carbocycles. The third kappa shape index (κ3) is 3.95. The first-order valence-corrected chi connectivity index (χ1v) is 9.25. The smallest absolute Gasteiger partial charge is 0.269 e. The number of H-pyrrole nitrogens is 1. The molecule has 28 heavy (non-hydrogen) atoms. The molecule has 8 nitrogen and oxygen atoms in total. The molecule has 1 aliphatic heterocycles. The van der Waals surface area contributed by atoms with E-state index in [0.717, 1.165) is 36.4 Å². The predicted octanol–water partition coefficient (Wildman–Crippen LogP) is 2.27. The van der Waals surface area contributed by atoms with E-state index in [1.165, 1.54) is 0 Å². The van der Waals surface area contributed by atoms with Crippen molar-refractivity contribution in [1.82, 2.24) is 25.5 Å². The van der Waals surface area contributed by atoms with Gasteiger partial charge >= 0.3 is 0 Å². The zero-order valence-corrected chi connectivity index (χ0v) is 15.6. The Morgan fingerprint density at radius 2 is 2.04 bits per heavy atom. The summed E-state index contributed by atoms with van der Waals surface area (Å²) in [5.74, 6) is 1.32. The molecule has 3 aromatic rings. The fourth-order valence-corrected chi connectivity index (χ4v) is 3.34. The third-order valence-corrected chi connectivity index (χ3v) is 4.80. The molecule has 1 amide bonds. The summed E-state index contributed by atoms with van der Waals surface area (Å²) >= 11 is 0. The Bertz CT molecular complexity index is 925. The maximum absolute atomic E-state index is 12.6. The van der Waals surface area contributed by atoms with Gasteiger partial charge < -0.3 is 15.0 Å². The van der Waals surface area contributed by atoms with Crippen LogP contribution in [0.1, 0.15) is 23.3 Å². The molecule has 8 heteroatoms. The van der Waals surface area contributed by atoms with Crippen LogP contribution in [0.5, 0.6) is 5.75 Å². The van der Waals surface area contributed by atoms with E-state index in [1.54, 1.807) is 31.6 Å². The number of hydrogen-bond acceptors (Lipinski definition) is 6. The van der Waals surface area contributed by atoms with Crippen molar-refractivity contribution in [3.63, 3.8) is 0 Å². The first kappa shape index (κ1) is 18.0. The van der Waals surface area contributed by atoms with Crippen LogP contribution in [0.3, 0.4) is 0 Å². The van der Waals surface area contributed by atoms with Crippen LogP contribution in [-0.4, -0.2) is 52.3 Å². The largest absolute Gasteiger partial charge is 0.497 e. The molecule has 1 aliphatic rings. The summed E-state index contributed by atoms with van der Waals surface area (Å²) in [5.41, 5.74) is 2.08. The molecular formula is C20H22N6O2. The molecule has 0 aliphatic carbocycles. The van der Waals surface area contributed by atoms with Gasteiger partial charge in [0.05, 0.1) is 12.8 Å². The van der Waals surface area contributed by atoms with Gasteiger partial charge in [-0.1, -0.05) is 0 Å². The Labute approximate surface area is 163 Å². The van der Waals surface area contributed by atoms with Gasteiger partial charge in [0.25, 0.3) is 5.91 Å². The molecule has 1 atom stereocenters. The topological polar surface area (TPSA) is 96.0 Å². The third-order valence-electron chi connectivity index (χ3n) is 4.80. The molecule has 0 radical (unpaired) electrons. The Kier molecular flexibility index (Phi) is 5.18. The molecule has 1 saturated heterocycles. The monoisotopic (exact) mass is 378 g/mol. The Morgan fingerprint density at radius 1 is 1.25 bits per heavy atom. The van der Waals surface area contributed by atoms with E-state index >= 15 is 0 Å². The first-order chi connectivity index (χ1) is 13.7. The predicted molar refractivity (Wildman–Crippen MR) is 105 cm³/mol. The van der Waals surface area contributed by atoms with Crippen LogP contribution >= 0.6 is 0 Å². The lowest BCUT2D eigenvalue weighted by Gasteiger charge is -2.32. The minimum absolute atomic E-state index is 0.0396. The van der Waals surface area contributed by atoms with Crippen LogP contribution in [0.15, 0.2) is 48.8 Å². The van der Waals surface area contributed by atoms with Crippen LogP contribution in [0, 0.1) is 0 Å². The van der Waals surface area contributed by atoms with Gasteiger partial charge in [-0.15, -0.1) is 0 Å². The van der Waals surface area contributed by atoms with Crippen LogP contribution in [0.4, 0.5) is 5.95 Å². The Hall–Kier alpha value is -3.42. The maximum atomic E-state index is 12.6. The van der Waals surface area contributed by atoms with Gasteiger partial charge in [-0.3, -0.25) is 9.89 Å². The number of aromatic amines is 1. The molecule has 0 spiro atoms. The van der Waals surface area contributed by atoms with Crippen molar-refractivity contribution >= 4 is 11.9 Å². The second-order valence-electron chi connectivity index (χ2n) is 6.70. The molecule has 2 N–H and O–H groups in total. The van der Waals surface area contributed by atoms with Crippen molar-refractivity contribution in [1.29, 1.82) is 0 Å². The number of amides is 1. The maximum Gasteiger partial charge on any atom is 0.269 e. The summed E-state index contributed by atoms with van der Waals surface area (Å²) in [6.45, 7) is 1.58. The molecular weight excluding hydrogens is 356 g/mol. The van der Waals surface area contributed by atoms with Crippen molar-refractivity contribution in [2.45, 2.75) is 18.9 Å². The van der Waals surface area contributed by atoms with Crippen LogP contribution in [0.2, 0.25) is 0 Å². The second kappa shape index (κ2) is 8.08.